The molecule has 1 aliphatic rings. The Balaban J connectivity index is 1.45. The number of hydrogen-bond acceptors (Lipinski definition) is 6. The minimum atomic E-state index is -0.903. The van der Waals surface area contributed by atoms with Crippen molar-refractivity contribution in [3.05, 3.63) is 59.7 Å². The van der Waals surface area contributed by atoms with Crippen molar-refractivity contribution >= 4 is 27.3 Å². The van der Waals surface area contributed by atoms with Gasteiger partial charge in [0.2, 0.25) is 0 Å². The lowest BCUT2D eigenvalue weighted by molar-refractivity contribution is 0.182. The summed E-state index contributed by atoms with van der Waals surface area (Å²) >= 11 is 0. The van der Waals surface area contributed by atoms with Crippen LogP contribution >= 0.6 is 0 Å². The minimum absolute atomic E-state index is 0.0194. The van der Waals surface area contributed by atoms with Crippen LogP contribution in [0, 0.1) is 5.82 Å². The number of imidazole rings is 1. The van der Waals surface area contributed by atoms with E-state index in [1.54, 1.807) is 36.7 Å². The van der Waals surface area contributed by atoms with Gasteiger partial charge in [-0.05, 0) is 41.3 Å². The fourth-order valence-electron chi connectivity index (χ4n) is 4.74. The normalized spacial score (nSPS) is 17.1. The number of phenolic OH excluding ortho intramolecular Hbond substituents is 1. The highest BCUT2D eigenvalue weighted by molar-refractivity contribution is 7.84. The Bertz CT molecular complexity index is 1480. The monoisotopic (exact) mass is 509 g/mol. The average Bonchev–Trinajstić information content (AvgIpc) is 3.60. The van der Waals surface area contributed by atoms with Crippen LogP contribution in [0.15, 0.2) is 42.6 Å². The van der Waals surface area contributed by atoms with Gasteiger partial charge in [-0.15, -0.1) is 0 Å². The SMILES string of the molecule is CCc1cc(O)ccc1-c1ccc2c(-c3ncc(C4=CC(CO)N(CCS(C)=O)C4)[nH]3)[nH]nc2c1F. The van der Waals surface area contributed by atoms with Gasteiger partial charge in [0, 0.05) is 46.8 Å². The number of benzene rings is 2. The van der Waals surface area contributed by atoms with Crippen LogP contribution in [0.3, 0.4) is 0 Å². The molecule has 4 N–H and O–H groups in total. The van der Waals surface area contributed by atoms with E-state index in [4.69, 9.17) is 0 Å². The van der Waals surface area contributed by atoms with Crippen LogP contribution in [-0.2, 0) is 17.2 Å². The van der Waals surface area contributed by atoms with E-state index in [1.165, 1.54) is 0 Å². The Hall–Kier alpha value is -3.34. The molecule has 1 aliphatic heterocycles. The first-order valence-electron chi connectivity index (χ1n) is 11.8. The standard InChI is InChI=1S/C26H28FN5O3S/c1-3-15-11-18(34)4-5-19(15)20-6-7-21-24(23(20)27)30-31-25(21)26-28-12-22(29-26)16-10-17(14-33)32(13-16)8-9-36(2)35/h4-7,10-12,17,33-34H,3,8-9,13-14H2,1-2H3,(H,28,29)(H,30,31). The highest BCUT2D eigenvalue weighted by Gasteiger charge is 2.26. The maximum Gasteiger partial charge on any atom is 0.159 e. The van der Waals surface area contributed by atoms with Gasteiger partial charge in [-0.1, -0.05) is 25.1 Å². The average molecular weight is 510 g/mol. The number of nitrogens with one attached hydrogen (secondary N) is 2. The molecule has 188 valence electrons. The number of rotatable bonds is 8. The van der Waals surface area contributed by atoms with Crippen LogP contribution in [0.1, 0.15) is 18.2 Å². The maximum absolute atomic E-state index is 15.6. The zero-order chi connectivity index (χ0) is 25.4. The summed E-state index contributed by atoms with van der Waals surface area (Å²) < 4.78 is 27.1. The number of aliphatic hydroxyl groups is 1. The molecular weight excluding hydrogens is 481 g/mol. The Morgan fingerprint density at radius 1 is 1.25 bits per heavy atom. The molecule has 8 nitrogen and oxygen atoms in total. The third kappa shape index (κ3) is 4.47. The number of halogens is 1. The van der Waals surface area contributed by atoms with Gasteiger partial charge in [-0.2, -0.15) is 5.10 Å². The molecule has 2 atom stereocenters. The van der Waals surface area contributed by atoms with Gasteiger partial charge in [0.05, 0.1) is 24.5 Å². The summed E-state index contributed by atoms with van der Waals surface area (Å²) in [5, 5.41) is 27.3. The van der Waals surface area contributed by atoms with Crippen molar-refractivity contribution in [2.24, 2.45) is 0 Å². The molecule has 0 fully saturated rings. The Kier molecular flexibility index (Phi) is 6.74. The topological polar surface area (TPSA) is 118 Å². The Morgan fingerprint density at radius 3 is 2.81 bits per heavy atom. The van der Waals surface area contributed by atoms with Crippen molar-refractivity contribution < 1.29 is 18.8 Å². The van der Waals surface area contributed by atoms with E-state index in [0.717, 1.165) is 22.4 Å². The van der Waals surface area contributed by atoms with Crippen molar-refractivity contribution in [3.63, 3.8) is 0 Å². The molecule has 0 aliphatic carbocycles. The van der Waals surface area contributed by atoms with Crippen LogP contribution < -0.4 is 0 Å². The molecule has 2 unspecified atom stereocenters. The number of H-pyrrole nitrogens is 2. The molecule has 0 bridgehead atoms. The number of fused-ring (bicyclic) bond motifs is 1. The van der Waals surface area contributed by atoms with Crippen molar-refractivity contribution in [1.82, 2.24) is 25.1 Å². The second kappa shape index (κ2) is 9.96. The Labute approximate surface area is 210 Å². The van der Waals surface area contributed by atoms with Gasteiger partial charge in [0.15, 0.2) is 11.6 Å². The highest BCUT2D eigenvalue weighted by Crippen LogP contribution is 2.35. The summed E-state index contributed by atoms with van der Waals surface area (Å²) in [6.45, 7) is 3.18. The van der Waals surface area contributed by atoms with Gasteiger partial charge >= 0.3 is 0 Å². The molecule has 0 saturated carbocycles. The smallest absolute Gasteiger partial charge is 0.159 e. The largest absolute Gasteiger partial charge is 0.508 e. The van der Waals surface area contributed by atoms with Gasteiger partial charge in [0.25, 0.3) is 0 Å². The lowest BCUT2D eigenvalue weighted by Gasteiger charge is -2.21. The van der Waals surface area contributed by atoms with Gasteiger partial charge in [-0.25, -0.2) is 9.37 Å². The number of aromatic hydroxyl groups is 1. The third-order valence-electron chi connectivity index (χ3n) is 6.67. The minimum Gasteiger partial charge on any atom is -0.508 e. The zero-order valence-electron chi connectivity index (χ0n) is 20.1. The van der Waals surface area contributed by atoms with E-state index < -0.39 is 16.6 Å². The summed E-state index contributed by atoms with van der Waals surface area (Å²) in [6.07, 6.45) is 6.05. The molecule has 2 aromatic heterocycles. The van der Waals surface area contributed by atoms with E-state index in [0.29, 0.717) is 47.7 Å². The lowest BCUT2D eigenvalue weighted by Crippen LogP contribution is -2.35. The predicted octanol–water partition coefficient (Wildman–Crippen LogP) is 3.47. The van der Waals surface area contributed by atoms with E-state index in [1.807, 2.05) is 19.1 Å². The van der Waals surface area contributed by atoms with E-state index in [2.05, 4.69) is 25.1 Å². The van der Waals surface area contributed by atoms with Crippen LogP contribution in [-0.4, -0.2) is 77.2 Å². The van der Waals surface area contributed by atoms with Crippen molar-refractivity contribution in [1.29, 1.82) is 0 Å². The summed E-state index contributed by atoms with van der Waals surface area (Å²) in [4.78, 5) is 9.90. The first-order chi connectivity index (χ1) is 17.4. The Morgan fingerprint density at radius 2 is 2.06 bits per heavy atom. The molecule has 0 saturated heterocycles. The quantitative estimate of drug-likeness (QED) is 0.289. The van der Waals surface area contributed by atoms with Gasteiger partial charge < -0.3 is 15.2 Å². The van der Waals surface area contributed by atoms with Crippen LogP contribution in [0.25, 0.3) is 39.1 Å². The number of phenols is 1. The zero-order valence-corrected chi connectivity index (χ0v) is 20.9. The number of aliphatic hydroxyl groups excluding tert-OH is 1. The van der Waals surface area contributed by atoms with Crippen LogP contribution in [0.4, 0.5) is 4.39 Å². The third-order valence-corrected chi connectivity index (χ3v) is 7.43. The molecule has 0 amide bonds. The molecule has 3 heterocycles. The number of aryl methyl sites for hydroxylation is 1. The molecule has 0 spiro atoms. The number of aromatic amines is 2. The number of aromatic nitrogens is 4. The fraction of sp³-hybridized carbons (Fsp3) is 0.308. The summed E-state index contributed by atoms with van der Waals surface area (Å²) in [5.41, 5.74) is 4.60. The van der Waals surface area contributed by atoms with Crippen LogP contribution in [0.2, 0.25) is 0 Å². The predicted molar refractivity (Wildman–Crippen MR) is 139 cm³/mol. The van der Waals surface area contributed by atoms with Crippen molar-refractivity contribution in [3.8, 4) is 28.4 Å². The summed E-state index contributed by atoms with van der Waals surface area (Å²) in [6, 6.07) is 8.35. The van der Waals surface area contributed by atoms with Gasteiger partial charge in [-0.3, -0.25) is 14.2 Å². The fourth-order valence-corrected chi connectivity index (χ4v) is 5.23. The number of hydrogen-bond donors (Lipinski definition) is 4. The molecule has 36 heavy (non-hydrogen) atoms. The first-order valence-corrected chi connectivity index (χ1v) is 13.5. The summed E-state index contributed by atoms with van der Waals surface area (Å²) in [5.74, 6) is 0.797. The molecule has 10 heteroatoms. The van der Waals surface area contributed by atoms with Crippen molar-refractivity contribution in [2.45, 2.75) is 19.4 Å². The van der Waals surface area contributed by atoms with Gasteiger partial charge in [0.1, 0.15) is 17.0 Å². The molecule has 2 aromatic carbocycles. The van der Waals surface area contributed by atoms with E-state index in [-0.39, 0.29) is 23.9 Å². The number of nitrogens with zero attached hydrogens (tertiary/aromatic N) is 3. The second-order valence-corrected chi connectivity index (χ2v) is 10.5. The van der Waals surface area contributed by atoms with Crippen molar-refractivity contribution in [2.75, 3.05) is 31.7 Å². The molecule has 5 rings (SSSR count). The lowest BCUT2D eigenvalue weighted by atomic mass is 9.96. The highest BCUT2D eigenvalue weighted by atomic mass is 32.2. The summed E-state index contributed by atoms with van der Waals surface area (Å²) in [7, 11) is -0.903. The molecule has 4 aromatic rings. The van der Waals surface area contributed by atoms with E-state index >= 15 is 4.39 Å². The first kappa shape index (κ1) is 24.4. The van der Waals surface area contributed by atoms with E-state index in [9.17, 15) is 14.4 Å². The van der Waals surface area contributed by atoms with Crippen LogP contribution in [0.5, 0.6) is 5.75 Å². The second-order valence-electron chi connectivity index (χ2n) is 8.95. The maximum atomic E-state index is 15.6. The molecule has 0 radical (unpaired) electrons. The molecular formula is C26H28FN5O3S.